The molecule has 1 aromatic heterocycles. The third-order valence-corrected chi connectivity index (χ3v) is 2.99. The number of halogens is 1. The fraction of sp³-hybridized carbons (Fsp3) is 0. The van der Waals surface area contributed by atoms with Crippen LogP contribution in [0.2, 0.25) is 0 Å². The van der Waals surface area contributed by atoms with Crippen LogP contribution < -0.4 is 10.6 Å². The Morgan fingerprint density at radius 2 is 1.76 bits per heavy atom. The normalized spacial score (nSPS) is 10.9. The standard InChI is InChI=1S/C13H10ClN3/c14-17-13-9-3-1-2-4-11(9)16-12-7-8(15)5-6-10(12)13/h1-7H,15H2,(H,16,17). The molecule has 1 heterocycles. The van der Waals surface area contributed by atoms with E-state index in [4.69, 9.17) is 17.5 Å². The molecule has 0 saturated heterocycles. The molecule has 0 fully saturated rings. The Kier molecular flexibility index (Phi) is 2.27. The SMILES string of the molecule is Nc1ccc2c(NCl)c3ccccc3nc2c1. The maximum Gasteiger partial charge on any atom is 0.0751 e. The van der Waals surface area contributed by atoms with E-state index in [1.807, 2.05) is 42.5 Å². The highest BCUT2D eigenvalue weighted by molar-refractivity contribution is 6.28. The van der Waals surface area contributed by atoms with E-state index in [-0.39, 0.29) is 0 Å². The molecule has 4 heteroatoms. The highest BCUT2D eigenvalue weighted by atomic mass is 35.5. The van der Waals surface area contributed by atoms with Crippen LogP contribution in [0.25, 0.3) is 21.8 Å². The van der Waals surface area contributed by atoms with Gasteiger partial charge in [0.15, 0.2) is 0 Å². The van der Waals surface area contributed by atoms with Crippen molar-refractivity contribution in [2.75, 3.05) is 10.6 Å². The maximum atomic E-state index is 5.82. The third-order valence-electron chi connectivity index (χ3n) is 2.80. The minimum absolute atomic E-state index is 0.695. The van der Waals surface area contributed by atoms with Crippen LogP contribution in [-0.4, -0.2) is 4.98 Å². The molecule has 3 nitrogen and oxygen atoms in total. The van der Waals surface area contributed by atoms with Gasteiger partial charge in [-0.05, 0) is 24.3 Å². The first kappa shape index (κ1) is 10.2. The maximum absolute atomic E-state index is 5.82. The number of anilines is 2. The summed E-state index contributed by atoms with van der Waals surface area (Å²) in [5.74, 6) is 0. The number of aromatic nitrogens is 1. The number of benzene rings is 2. The van der Waals surface area contributed by atoms with Crippen molar-refractivity contribution in [1.29, 1.82) is 0 Å². The lowest BCUT2D eigenvalue weighted by atomic mass is 10.1. The van der Waals surface area contributed by atoms with Gasteiger partial charge < -0.3 is 5.73 Å². The van der Waals surface area contributed by atoms with Crippen molar-refractivity contribution >= 4 is 45.0 Å². The van der Waals surface area contributed by atoms with Gasteiger partial charge >= 0.3 is 0 Å². The summed E-state index contributed by atoms with van der Waals surface area (Å²) in [4.78, 5) is 7.29. The van der Waals surface area contributed by atoms with E-state index in [0.717, 1.165) is 27.5 Å². The van der Waals surface area contributed by atoms with Crippen LogP contribution in [0.4, 0.5) is 11.4 Å². The second-order valence-electron chi connectivity index (χ2n) is 3.88. The molecule has 0 aliphatic heterocycles. The second-order valence-corrected chi connectivity index (χ2v) is 4.06. The molecule has 84 valence electrons. The molecule has 0 bridgehead atoms. The molecule has 0 radical (unpaired) electrons. The van der Waals surface area contributed by atoms with E-state index in [1.165, 1.54) is 0 Å². The monoisotopic (exact) mass is 243 g/mol. The van der Waals surface area contributed by atoms with E-state index >= 15 is 0 Å². The Balaban J connectivity index is 2.53. The van der Waals surface area contributed by atoms with E-state index in [2.05, 4.69) is 9.82 Å². The highest BCUT2D eigenvalue weighted by Crippen LogP contribution is 2.31. The average Bonchev–Trinajstić information content (AvgIpc) is 2.35. The Bertz CT molecular complexity index is 709. The van der Waals surface area contributed by atoms with Gasteiger partial charge in [-0.1, -0.05) is 18.2 Å². The van der Waals surface area contributed by atoms with Gasteiger partial charge in [0.1, 0.15) is 0 Å². The summed E-state index contributed by atoms with van der Waals surface area (Å²) in [6.07, 6.45) is 0. The number of pyridine rings is 1. The number of hydrogen-bond acceptors (Lipinski definition) is 3. The Morgan fingerprint density at radius 3 is 2.59 bits per heavy atom. The zero-order chi connectivity index (χ0) is 11.8. The van der Waals surface area contributed by atoms with Gasteiger partial charge in [0.25, 0.3) is 0 Å². The highest BCUT2D eigenvalue weighted by Gasteiger charge is 2.07. The van der Waals surface area contributed by atoms with Crippen LogP contribution in [0.15, 0.2) is 42.5 Å². The summed E-state index contributed by atoms with van der Waals surface area (Å²) in [5.41, 5.74) is 9.07. The fourth-order valence-electron chi connectivity index (χ4n) is 2.01. The molecule has 3 rings (SSSR count). The van der Waals surface area contributed by atoms with Gasteiger partial charge in [0.2, 0.25) is 0 Å². The van der Waals surface area contributed by atoms with Gasteiger partial charge in [-0.15, -0.1) is 0 Å². The van der Waals surface area contributed by atoms with Crippen LogP contribution in [0.3, 0.4) is 0 Å². The molecule has 0 aliphatic carbocycles. The average molecular weight is 244 g/mol. The molecule has 0 aliphatic rings. The van der Waals surface area contributed by atoms with Crippen molar-refractivity contribution in [2.45, 2.75) is 0 Å². The quantitative estimate of drug-likeness (QED) is 0.391. The molecule has 0 spiro atoms. The van der Waals surface area contributed by atoms with Crippen molar-refractivity contribution in [3.63, 3.8) is 0 Å². The van der Waals surface area contributed by atoms with Crippen molar-refractivity contribution < 1.29 is 0 Å². The van der Waals surface area contributed by atoms with Gasteiger partial charge in [-0.25, -0.2) is 4.98 Å². The summed E-state index contributed by atoms with van der Waals surface area (Å²) in [5, 5.41) is 1.97. The second kappa shape index (κ2) is 3.79. The summed E-state index contributed by atoms with van der Waals surface area (Å²) in [7, 11) is 0. The molecule has 2 aromatic carbocycles. The van der Waals surface area contributed by atoms with Crippen molar-refractivity contribution in [1.82, 2.24) is 4.98 Å². The molecule has 17 heavy (non-hydrogen) atoms. The van der Waals surface area contributed by atoms with E-state index in [9.17, 15) is 0 Å². The van der Waals surface area contributed by atoms with Gasteiger partial charge in [0, 0.05) is 28.2 Å². The predicted octanol–water partition coefficient (Wildman–Crippen LogP) is 3.54. The minimum Gasteiger partial charge on any atom is -0.399 e. The Hall–Kier alpha value is -2.00. The van der Waals surface area contributed by atoms with Gasteiger partial charge in [-0.3, -0.25) is 4.84 Å². The molecular formula is C13H10ClN3. The number of hydrogen-bond donors (Lipinski definition) is 2. The van der Waals surface area contributed by atoms with Gasteiger partial charge in [0.05, 0.1) is 16.7 Å². The first-order valence-corrected chi connectivity index (χ1v) is 5.62. The summed E-state index contributed by atoms with van der Waals surface area (Å²) in [6, 6.07) is 13.5. The smallest absolute Gasteiger partial charge is 0.0751 e. The molecule has 0 unspecified atom stereocenters. The molecule has 0 amide bonds. The number of para-hydroxylation sites is 1. The number of rotatable bonds is 1. The lowest BCUT2D eigenvalue weighted by molar-refractivity contribution is 1.50. The van der Waals surface area contributed by atoms with Crippen molar-refractivity contribution in [3.8, 4) is 0 Å². The number of nitrogen functional groups attached to an aromatic ring is 1. The number of nitrogens with two attached hydrogens (primary N) is 1. The summed E-state index contributed by atoms with van der Waals surface area (Å²) in [6.45, 7) is 0. The Labute approximate surface area is 103 Å². The van der Waals surface area contributed by atoms with Crippen molar-refractivity contribution in [3.05, 3.63) is 42.5 Å². The van der Waals surface area contributed by atoms with Crippen LogP contribution in [0, 0.1) is 0 Å². The molecule has 3 aromatic rings. The first-order chi connectivity index (χ1) is 8.29. The molecule has 0 saturated carbocycles. The molecular weight excluding hydrogens is 234 g/mol. The van der Waals surface area contributed by atoms with Crippen LogP contribution in [0.5, 0.6) is 0 Å². The number of fused-ring (bicyclic) bond motifs is 2. The lowest BCUT2D eigenvalue weighted by Gasteiger charge is -2.09. The van der Waals surface area contributed by atoms with E-state index in [0.29, 0.717) is 5.69 Å². The Morgan fingerprint density at radius 1 is 1.00 bits per heavy atom. The largest absolute Gasteiger partial charge is 0.399 e. The van der Waals surface area contributed by atoms with Crippen molar-refractivity contribution in [2.24, 2.45) is 0 Å². The number of nitrogens with one attached hydrogen (secondary N) is 1. The van der Waals surface area contributed by atoms with Crippen LogP contribution in [0.1, 0.15) is 0 Å². The van der Waals surface area contributed by atoms with Crippen LogP contribution >= 0.6 is 11.8 Å². The summed E-state index contributed by atoms with van der Waals surface area (Å²) < 4.78 is 0. The molecule has 0 atom stereocenters. The topological polar surface area (TPSA) is 50.9 Å². The predicted molar refractivity (Wildman–Crippen MR) is 73.1 cm³/mol. The lowest BCUT2D eigenvalue weighted by Crippen LogP contribution is -1.91. The van der Waals surface area contributed by atoms with Crippen LogP contribution in [-0.2, 0) is 0 Å². The minimum atomic E-state index is 0.695. The molecule has 3 N–H and O–H groups in total. The first-order valence-electron chi connectivity index (χ1n) is 5.24. The van der Waals surface area contributed by atoms with E-state index < -0.39 is 0 Å². The zero-order valence-corrected chi connectivity index (χ0v) is 9.70. The summed E-state index contributed by atoms with van der Waals surface area (Å²) >= 11 is 5.82. The van der Waals surface area contributed by atoms with Gasteiger partial charge in [-0.2, -0.15) is 0 Å². The van der Waals surface area contributed by atoms with E-state index in [1.54, 1.807) is 0 Å². The number of nitrogens with zero attached hydrogens (tertiary/aromatic N) is 1. The third kappa shape index (κ3) is 1.56. The fourth-order valence-corrected chi connectivity index (χ4v) is 2.22. The zero-order valence-electron chi connectivity index (χ0n) is 8.94.